The van der Waals surface area contributed by atoms with E-state index in [1.54, 1.807) is 12.1 Å². The van der Waals surface area contributed by atoms with Gasteiger partial charge < -0.3 is 9.47 Å². The zero-order valence-electron chi connectivity index (χ0n) is 9.64. The van der Waals surface area contributed by atoms with Gasteiger partial charge in [0.15, 0.2) is 0 Å². The maximum atomic E-state index is 11.9. The Morgan fingerprint density at radius 2 is 2.18 bits per heavy atom. The summed E-state index contributed by atoms with van der Waals surface area (Å²) in [7, 11) is 0. The minimum Gasteiger partial charge on any atom is -0.456 e. The van der Waals surface area contributed by atoms with Crippen molar-refractivity contribution in [2.45, 2.75) is 31.7 Å². The molecule has 0 radical (unpaired) electrons. The number of carbonyl (C=O) groups excluding carboxylic acids is 1. The first kappa shape index (κ1) is 12.6. The number of esters is 1. The highest BCUT2D eigenvalue weighted by Crippen LogP contribution is 2.25. The van der Waals surface area contributed by atoms with Gasteiger partial charge in [0.25, 0.3) is 0 Å². The van der Waals surface area contributed by atoms with Gasteiger partial charge in [-0.05, 0) is 19.1 Å². The van der Waals surface area contributed by atoms with E-state index in [4.69, 9.17) is 9.47 Å². The highest BCUT2D eigenvalue weighted by atomic mass is 79.9. The average Bonchev–Trinajstić information content (AvgIpc) is 2.71. The summed E-state index contributed by atoms with van der Waals surface area (Å²) < 4.78 is 11.1. The van der Waals surface area contributed by atoms with Crippen LogP contribution in [0.25, 0.3) is 0 Å². The minimum absolute atomic E-state index is 0.0368. The smallest absolute Gasteiger partial charge is 0.338 e. The van der Waals surface area contributed by atoms with E-state index in [0.717, 1.165) is 11.8 Å². The third-order valence-corrected chi connectivity index (χ3v) is 3.59. The number of hydrogen-bond donors (Lipinski definition) is 0. The topological polar surface area (TPSA) is 35.5 Å². The molecule has 17 heavy (non-hydrogen) atoms. The van der Waals surface area contributed by atoms with Crippen molar-refractivity contribution in [1.29, 1.82) is 0 Å². The largest absolute Gasteiger partial charge is 0.456 e. The molecule has 0 aliphatic carbocycles. The second-order valence-corrected chi connectivity index (χ2v) is 4.81. The van der Waals surface area contributed by atoms with Gasteiger partial charge in [0.1, 0.15) is 6.10 Å². The van der Waals surface area contributed by atoms with Crippen molar-refractivity contribution in [3.63, 3.8) is 0 Å². The molecule has 1 aliphatic heterocycles. The van der Waals surface area contributed by atoms with E-state index in [1.807, 2.05) is 25.1 Å². The van der Waals surface area contributed by atoms with Gasteiger partial charge in [-0.1, -0.05) is 34.1 Å². The van der Waals surface area contributed by atoms with Crippen LogP contribution < -0.4 is 0 Å². The van der Waals surface area contributed by atoms with Crippen molar-refractivity contribution in [3.8, 4) is 0 Å². The fraction of sp³-hybridized carbons (Fsp3) is 0.462. The number of halogens is 1. The number of carbonyl (C=O) groups is 1. The summed E-state index contributed by atoms with van der Waals surface area (Å²) in [6.07, 6.45) is 0.708. The molecule has 0 N–H and O–H groups in total. The summed E-state index contributed by atoms with van der Waals surface area (Å²) in [5.41, 5.74) is 0.585. The molecular weight excluding hydrogens is 284 g/mol. The molecule has 3 atom stereocenters. The van der Waals surface area contributed by atoms with E-state index in [2.05, 4.69) is 15.9 Å². The van der Waals surface area contributed by atoms with E-state index in [0.29, 0.717) is 5.56 Å². The predicted octanol–water partition coefficient (Wildman–Crippen LogP) is 2.78. The van der Waals surface area contributed by atoms with E-state index in [-0.39, 0.29) is 24.3 Å². The number of rotatable bonds is 3. The van der Waals surface area contributed by atoms with Crippen LogP contribution in [-0.4, -0.2) is 29.6 Å². The van der Waals surface area contributed by atoms with E-state index in [1.165, 1.54) is 0 Å². The third kappa shape index (κ3) is 3.07. The molecule has 3 nitrogen and oxygen atoms in total. The van der Waals surface area contributed by atoms with Crippen LogP contribution in [0.5, 0.6) is 0 Å². The van der Waals surface area contributed by atoms with Crippen molar-refractivity contribution in [3.05, 3.63) is 35.9 Å². The van der Waals surface area contributed by atoms with Gasteiger partial charge in [0, 0.05) is 11.8 Å². The van der Waals surface area contributed by atoms with Gasteiger partial charge in [-0.3, -0.25) is 0 Å². The maximum absolute atomic E-state index is 11.9. The second-order valence-electron chi connectivity index (χ2n) is 4.16. The molecule has 0 aromatic heterocycles. The van der Waals surface area contributed by atoms with Crippen LogP contribution in [0, 0.1) is 0 Å². The number of ether oxygens (including phenoxy) is 2. The summed E-state index contributed by atoms with van der Waals surface area (Å²) in [4.78, 5) is 11.9. The average molecular weight is 299 g/mol. The van der Waals surface area contributed by atoms with Crippen LogP contribution >= 0.6 is 15.9 Å². The lowest BCUT2D eigenvalue weighted by molar-refractivity contribution is -0.000699. The van der Waals surface area contributed by atoms with Crippen LogP contribution in [0.15, 0.2) is 30.3 Å². The molecule has 1 heterocycles. The zero-order valence-corrected chi connectivity index (χ0v) is 11.2. The van der Waals surface area contributed by atoms with Crippen molar-refractivity contribution in [1.82, 2.24) is 0 Å². The van der Waals surface area contributed by atoms with Crippen LogP contribution in [0.1, 0.15) is 23.7 Å². The van der Waals surface area contributed by atoms with Crippen molar-refractivity contribution < 1.29 is 14.3 Å². The van der Waals surface area contributed by atoms with Crippen LogP contribution in [0.3, 0.4) is 0 Å². The van der Waals surface area contributed by atoms with Gasteiger partial charge in [0.05, 0.1) is 17.8 Å². The molecule has 0 unspecified atom stereocenters. The predicted molar refractivity (Wildman–Crippen MR) is 68.4 cm³/mol. The number of benzene rings is 1. The first-order valence-corrected chi connectivity index (χ1v) is 6.80. The quantitative estimate of drug-likeness (QED) is 0.636. The van der Waals surface area contributed by atoms with Gasteiger partial charge in [-0.15, -0.1) is 0 Å². The van der Waals surface area contributed by atoms with Crippen LogP contribution in [0.2, 0.25) is 0 Å². The van der Waals surface area contributed by atoms with E-state index < -0.39 is 0 Å². The minimum atomic E-state index is -0.277. The molecule has 1 aromatic rings. The standard InChI is InChI=1S/C13H15BrO3/c1-9-12(7-11(8-14)16-9)17-13(15)10-5-3-2-4-6-10/h2-6,9,11-12H,7-8H2,1H3/t9-,11-,12-/m0/s1. The molecular formula is C13H15BrO3. The molecule has 1 aromatic carbocycles. The van der Waals surface area contributed by atoms with Gasteiger partial charge >= 0.3 is 5.97 Å². The van der Waals surface area contributed by atoms with Crippen LogP contribution in [-0.2, 0) is 9.47 Å². The zero-order chi connectivity index (χ0) is 12.3. The molecule has 4 heteroatoms. The highest BCUT2D eigenvalue weighted by Gasteiger charge is 2.34. The van der Waals surface area contributed by atoms with Crippen molar-refractivity contribution in [2.75, 3.05) is 5.33 Å². The summed E-state index contributed by atoms with van der Waals surface area (Å²) in [5, 5.41) is 0.775. The van der Waals surface area contributed by atoms with Crippen molar-refractivity contribution >= 4 is 21.9 Å². The van der Waals surface area contributed by atoms with Gasteiger partial charge in [-0.25, -0.2) is 4.79 Å². The Balaban J connectivity index is 1.96. The summed E-state index contributed by atoms with van der Waals surface area (Å²) in [6.45, 7) is 1.94. The van der Waals surface area contributed by atoms with E-state index >= 15 is 0 Å². The normalized spacial score (nSPS) is 28.0. The lowest BCUT2D eigenvalue weighted by Gasteiger charge is -2.14. The second kappa shape index (κ2) is 5.65. The molecule has 0 bridgehead atoms. The fourth-order valence-electron chi connectivity index (χ4n) is 1.92. The Morgan fingerprint density at radius 3 is 2.76 bits per heavy atom. The maximum Gasteiger partial charge on any atom is 0.338 e. The Labute approximate surface area is 109 Å². The fourth-order valence-corrected chi connectivity index (χ4v) is 2.34. The molecule has 1 fully saturated rings. The lowest BCUT2D eigenvalue weighted by Crippen LogP contribution is -2.24. The monoisotopic (exact) mass is 298 g/mol. The Morgan fingerprint density at radius 1 is 1.47 bits per heavy atom. The summed E-state index contributed by atoms with van der Waals surface area (Å²) in [5.74, 6) is -0.277. The molecule has 0 saturated carbocycles. The summed E-state index contributed by atoms with van der Waals surface area (Å²) >= 11 is 3.38. The first-order chi connectivity index (χ1) is 8.20. The highest BCUT2D eigenvalue weighted by molar-refractivity contribution is 9.09. The Kier molecular flexibility index (Phi) is 4.18. The molecule has 1 saturated heterocycles. The number of hydrogen-bond acceptors (Lipinski definition) is 3. The molecule has 2 rings (SSSR count). The molecule has 92 valence electrons. The van der Waals surface area contributed by atoms with Gasteiger partial charge in [0.2, 0.25) is 0 Å². The van der Waals surface area contributed by atoms with Crippen molar-refractivity contribution in [2.24, 2.45) is 0 Å². The van der Waals surface area contributed by atoms with Crippen LogP contribution in [0.4, 0.5) is 0 Å². The number of alkyl halides is 1. The Bertz CT molecular complexity index is 380. The lowest BCUT2D eigenvalue weighted by atomic mass is 10.1. The SMILES string of the molecule is C[C@@H]1O[C@H](CBr)C[C@@H]1OC(=O)c1ccccc1. The first-order valence-electron chi connectivity index (χ1n) is 5.68. The molecule has 0 spiro atoms. The third-order valence-electron chi connectivity index (χ3n) is 2.87. The Hall–Kier alpha value is -0.870. The molecule has 1 aliphatic rings. The molecule has 0 amide bonds. The van der Waals surface area contributed by atoms with Gasteiger partial charge in [-0.2, -0.15) is 0 Å². The summed E-state index contributed by atoms with van der Waals surface area (Å²) in [6, 6.07) is 9.04. The van der Waals surface area contributed by atoms with E-state index in [9.17, 15) is 4.79 Å².